The summed E-state index contributed by atoms with van der Waals surface area (Å²) in [6.07, 6.45) is -2.81. The summed E-state index contributed by atoms with van der Waals surface area (Å²) in [5, 5.41) is 0. The van der Waals surface area contributed by atoms with Crippen molar-refractivity contribution < 1.29 is 17.9 Å². The molecule has 0 saturated heterocycles. The van der Waals surface area contributed by atoms with Gasteiger partial charge in [0.1, 0.15) is 11.4 Å². The summed E-state index contributed by atoms with van der Waals surface area (Å²) in [5.74, 6) is 6.02. The van der Waals surface area contributed by atoms with Crippen LogP contribution < -0.4 is 16.0 Å². The van der Waals surface area contributed by atoms with Crippen LogP contribution in [0, 0.1) is 0 Å². The Morgan fingerprint density at radius 3 is 2.38 bits per heavy atom. The summed E-state index contributed by atoms with van der Waals surface area (Å²) < 4.78 is 42.9. The Bertz CT molecular complexity index is 599. The lowest BCUT2D eigenvalue weighted by Gasteiger charge is -2.18. The minimum atomic E-state index is -4.37. The van der Waals surface area contributed by atoms with E-state index in [-0.39, 0.29) is 0 Å². The van der Waals surface area contributed by atoms with Crippen molar-refractivity contribution in [2.45, 2.75) is 12.2 Å². The van der Waals surface area contributed by atoms with Gasteiger partial charge in [0.15, 0.2) is 0 Å². The van der Waals surface area contributed by atoms with E-state index in [1.807, 2.05) is 0 Å². The minimum Gasteiger partial charge on any atom is -0.495 e. The van der Waals surface area contributed by atoms with Crippen LogP contribution in [0.4, 0.5) is 13.2 Å². The van der Waals surface area contributed by atoms with Crippen LogP contribution in [-0.4, -0.2) is 12.1 Å². The highest BCUT2D eigenvalue weighted by atomic mass is 19.4. The van der Waals surface area contributed by atoms with Gasteiger partial charge in [-0.3, -0.25) is 10.8 Å². The molecule has 4 nitrogen and oxygen atoms in total. The largest absolute Gasteiger partial charge is 0.495 e. The highest BCUT2D eigenvalue weighted by Crippen LogP contribution is 2.32. The number of halogens is 3. The molecular formula is C14H14F3N3O. The second-order valence-electron chi connectivity index (χ2n) is 4.31. The Labute approximate surface area is 119 Å². The molecule has 112 valence electrons. The van der Waals surface area contributed by atoms with E-state index in [1.165, 1.54) is 19.2 Å². The van der Waals surface area contributed by atoms with Gasteiger partial charge in [0.25, 0.3) is 0 Å². The quantitative estimate of drug-likeness (QED) is 0.673. The molecular weight excluding hydrogens is 283 g/mol. The fraction of sp³-hybridized carbons (Fsp3) is 0.214. The van der Waals surface area contributed by atoms with Gasteiger partial charge in [-0.05, 0) is 29.8 Å². The van der Waals surface area contributed by atoms with Crippen LogP contribution in [0.15, 0.2) is 42.6 Å². The van der Waals surface area contributed by atoms with Gasteiger partial charge in [-0.2, -0.15) is 13.2 Å². The number of alkyl halides is 3. The molecule has 1 aromatic carbocycles. The van der Waals surface area contributed by atoms with Crippen molar-refractivity contribution in [1.82, 2.24) is 10.4 Å². The van der Waals surface area contributed by atoms with Gasteiger partial charge in [-0.15, -0.1) is 0 Å². The molecule has 0 aliphatic carbocycles. The van der Waals surface area contributed by atoms with E-state index in [1.54, 1.807) is 18.3 Å². The van der Waals surface area contributed by atoms with Crippen LogP contribution in [0.3, 0.4) is 0 Å². The van der Waals surface area contributed by atoms with Crippen molar-refractivity contribution in [2.75, 3.05) is 7.11 Å². The average Bonchev–Trinajstić information content (AvgIpc) is 2.48. The zero-order valence-electron chi connectivity index (χ0n) is 11.2. The van der Waals surface area contributed by atoms with Crippen molar-refractivity contribution in [1.29, 1.82) is 0 Å². The number of nitrogens with one attached hydrogen (secondary N) is 1. The van der Waals surface area contributed by atoms with Gasteiger partial charge in [0.05, 0.1) is 18.7 Å². The summed E-state index contributed by atoms with van der Waals surface area (Å²) in [7, 11) is 1.49. The van der Waals surface area contributed by atoms with Crippen LogP contribution in [0.5, 0.6) is 5.75 Å². The summed E-state index contributed by atoms with van der Waals surface area (Å²) in [4.78, 5) is 4.18. The van der Waals surface area contributed by atoms with Crippen molar-refractivity contribution in [3.05, 3.63) is 59.4 Å². The molecule has 0 bridgehead atoms. The third-order valence-corrected chi connectivity index (χ3v) is 3.03. The SMILES string of the molecule is COc1cccnc1C(NN)c1ccc(C(F)(F)F)cc1. The number of ether oxygens (including phenoxy) is 1. The number of methoxy groups -OCH3 is 1. The zero-order valence-corrected chi connectivity index (χ0v) is 11.2. The van der Waals surface area contributed by atoms with E-state index >= 15 is 0 Å². The lowest BCUT2D eigenvalue weighted by atomic mass is 10.0. The van der Waals surface area contributed by atoms with Crippen LogP contribution in [0.25, 0.3) is 0 Å². The summed E-state index contributed by atoms with van der Waals surface area (Å²) >= 11 is 0. The Hall–Kier alpha value is -2.12. The highest BCUT2D eigenvalue weighted by molar-refractivity contribution is 5.38. The highest BCUT2D eigenvalue weighted by Gasteiger charge is 2.30. The normalized spacial score (nSPS) is 13.0. The van der Waals surface area contributed by atoms with E-state index in [0.29, 0.717) is 17.0 Å². The van der Waals surface area contributed by atoms with E-state index in [4.69, 9.17) is 10.6 Å². The standard InChI is InChI=1S/C14H14F3N3O/c1-21-11-3-2-8-19-13(11)12(20-18)9-4-6-10(7-5-9)14(15,16)17/h2-8,12,20H,18H2,1H3. The molecule has 1 aromatic heterocycles. The molecule has 1 heterocycles. The van der Waals surface area contributed by atoms with E-state index in [2.05, 4.69) is 10.4 Å². The molecule has 0 aliphatic heterocycles. The number of hydrogen-bond acceptors (Lipinski definition) is 4. The number of nitrogens with zero attached hydrogens (tertiary/aromatic N) is 1. The fourth-order valence-electron chi connectivity index (χ4n) is 1.99. The number of rotatable bonds is 4. The second kappa shape index (κ2) is 6.11. The van der Waals surface area contributed by atoms with Gasteiger partial charge in [0.2, 0.25) is 0 Å². The molecule has 0 spiro atoms. The van der Waals surface area contributed by atoms with Crippen molar-refractivity contribution in [3.8, 4) is 5.75 Å². The van der Waals surface area contributed by atoms with Gasteiger partial charge < -0.3 is 4.74 Å². The predicted octanol–water partition coefficient (Wildman–Crippen LogP) is 2.66. The zero-order chi connectivity index (χ0) is 15.5. The average molecular weight is 297 g/mol. The lowest BCUT2D eigenvalue weighted by Crippen LogP contribution is -2.30. The molecule has 7 heteroatoms. The first-order valence-corrected chi connectivity index (χ1v) is 6.09. The van der Waals surface area contributed by atoms with Crippen LogP contribution in [0.2, 0.25) is 0 Å². The summed E-state index contributed by atoms with van der Waals surface area (Å²) in [6.45, 7) is 0. The van der Waals surface area contributed by atoms with Gasteiger partial charge in [-0.1, -0.05) is 12.1 Å². The summed E-state index contributed by atoms with van der Waals surface area (Å²) in [5.41, 5.74) is 2.89. The monoisotopic (exact) mass is 297 g/mol. The van der Waals surface area contributed by atoms with Crippen molar-refractivity contribution >= 4 is 0 Å². The first-order valence-electron chi connectivity index (χ1n) is 6.09. The minimum absolute atomic E-state index is 0.500. The van der Waals surface area contributed by atoms with E-state index in [0.717, 1.165) is 12.1 Å². The van der Waals surface area contributed by atoms with Crippen LogP contribution in [-0.2, 0) is 6.18 Å². The second-order valence-corrected chi connectivity index (χ2v) is 4.31. The molecule has 1 atom stereocenters. The van der Waals surface area contributed by atoms with Crippen LogP contribution in [0.1, 0.15) is 22.9 Å². The molecule has 0 radical (unpaired) electrons. The van der Waals surface area contributed by atoms with Gasteiger partial charge >= 0.3 is 6.18 Å². The maximum atomic E-state index is 12.6. The number of hydrazine groups is 1. The number of nitrogens with two attached hydrogens (primary N) is 1. The molecule has 0 saturated carbocycles. The predicted molar refractivity (Wildman–Crippen MR) is 71.4 cm³/mol. The summed E-state index contributed by atoms with van der Waals surface area (Å²) in [6, 6.07) is 7.58. The molecule has 0 aliphatic rings. The molecule has 2 aromatic rings. The smallest absolute Gasteiger partial charge is 0.416 e. The van der Waals surface area contributed by atoms with E-state index < -0.39 is 17.8 Å². The van der Waals surface area contributed by atoms with Gasteiger partial charge in [0, 0.05) is 6.20 Å². The van der Waals surface area contributed by atoms with Crippen molar-refractivity contribution in [2.24, 2.45) is 5.84 Å². The molecule has 21 heavy (non-hydrogen) atoms. The Morgan fingerprint density at radius 1 is 1.19 bits per heavy atom. The Balaban J connectivity index is 2.38. The maximum Gasteiger partial charge on any atom is 0.416 e. The third kappa shape index (κ3) is 3.32. The molecule has 0 amide bonds. The third-order valence-electron chi connectivity index (χ3n) is 3.03. The molecule has 3 N–H and O–H groups in total. The first kappa shape index (κ1) is 15.3. The molecule has 2 rings (SSSR count). The number of hydrogen-bond donors (Lipinski definition) is 2. The Kier molecular flexibility index (Phi) is 4.44. The molecule has 0 fully saturated rings. The van der Waals surface area contributed by atoms with Crippen molar-refractivity contribution in [3.63, 3.8) is 0 Å². The fourth-order valence-corrected chi connectivity index (χ4v) is 1.99. The van der Waals surface area contributed by atoms with E-state index in [9.17, 15) is 13.2 Å². The van der Waals surface area contributed by atoms with Gasteiger partial charge in [-0.25, -0.2) is 5.43 Å². The maximum absolute atomic E-state index is 12.6. The van der Waals surface area contributed by atoms with Crippen LogP contribution >= 0.6 is 0 Å². The Morgan fingerprint density at radius 2 is 1.86 bits per heavy atom. The number of aromatic nitrogens is 1. The number of pyridine rings is 1. The lowest BCUT2D eigenvalue weighted by molar-refractivity contribution is -0.137. The first-order chi connectivity index (χ1) is 9.97. The topological polar surface area (TPSA) is 60.2 Å². The number of benzene rings is 1. The molecule has 1 unspecified atom stereocenters.